The van der Waals surface area contributed by atoms with E-state index in [0.717, 1.165) is 23.8 Å². The second-order valence-corrected chi connectivity index (χ2v) is 8.89. The van der Waals surface area contributed by atoms with Crippen LogP contribution >= 0.6 is 11.6 Å². The predicted molar refractivity (Wildman–Crippen MR) is 115 cm³/mol. The summed E-state index contributed by atoms with van der Waals surface area (Å²) < 4.78 is 48.4. The van der Waals surface area contributed by atoms with E-state index in [1.54, 1.807) is 19.4 Å². The number of ether oxygens (including phenoxy) is 1. The third-order valence-corrected chi connectivity index (χ3v) is 6.37. The highest BCUT2D eigenvalue weighted by atomic mass is 35.5. The normalized spacial score (nSPS) is 11.7. The van der Waals surface area contributed by atoms with Crippen LogP contribution in [-0.2, 0) is 23.1 Å². The number of nitrogens with zero attached hydrogens (tertiary/aromatic N) is 3. The van der Waals surface area contributed by atoms with Gasteiger partial charge in [0.15, 0.2) is 5.65 Å². The molecule has 2 heterocycles. The summed E-state index contributed by atoms with van der Waals surface area (Å²) in [4.78, 5) is 8.80. The monoisotopic (exact) mass is 460 g/mol. The van der Waals surface area contributed by atoms with Gasteiger partial charge in [-0.05, 0) is 48.0 Å². The molecule has 0 bridgehead atoms. The SMILES string of the molecule is COc1cccc(Cn2c(CNS(=O)(=O)c3ccc(F)c(Cl)c3)nc3cccnc32)c1. The Morgan fingerprint density at radius 2 is 2.00 bits per heavy atom. The number of hydrogen-bond donors (Lipinski definition) is 1. The fourth-order valence-electron chi connectivity index (χ4n) is 3.15. The van der Waals surface area contributed by atoms with Crippen molar-refractivity contribution in [1.29, 1.82) is 0 Å². The summed E-state index contributed by atoms with van der Waals surface area (Å²) in [6.07, 6.45) is 1.65. The summed E-state index contributed by atoms with van der Waals surface area (Å²) in [5.41, 5.74) is 2.22. The van der Waals surface area contributed by atoms with Crippen molar-refractivity contribution in [2.45, 2.75) is 18.0 Å². The van der Waals surface area contributed by atoms with E-state index in [1.807, 2.05) is 34.9 Å². The topological polar surface area (TPSA) is 86.1 Å². The van der Waals surface area contributed by atoms with Crippen molar-refractivity contribution in [2.24, 2.45) is 0 Å². The minimum absolute atomic E-state index is 0.0857. The van der Waals surface area contributed by atoms with Crippen molar-refractivity contribution in [3.05, 3.63) is 83.0 Å². The number of sulfonamides is 1. The van der Waals surface area contributed by atoms with Gasteiger partial charge in [0.2, 0.25) is 10.0 Å². The zero-order valence-corrected chi connectivity index (χ0v) is 18.0. The highest BCUT2D eigenvalue weighted by molar-refractivity contribution is 7.89. The maximum Gasteiger partial charge on any atom is 0.241 e. The van der Waals surface area contributed by atoms with Crippen molar-refractivity contribution < 1.29 is 17.5 Å². The van der Waals surface area contributed by atoms with E-state index in [-0.39, 0.29) is 16.5 Å². The van der Waals surface area contributed by atoms with Crippen LogP contribution < -0.4 is 9.46 Å². The van der Waals surface area contributed by atoms with Crippen LogP contribution in [0.4, 0.5) is 4.39 Å². The van der Waals surface area contributed by atoms with Gasteiger partial charge in [-0.3, -0.25) is 0 Å². The molecular formula is C21H18ClFN4O3S. The molecule has 0 saturated carbocycles. The first kappa shape index (κ1) is 21.2. The van der Waals surface area contributed by atoms with Crippen LogP contribution in [0.15, 0.2) is 65.7 Å². The summed E-state index contributed by atoms with van der Waals surface area (Å²) >= 11 is 5.73. The Balaban J connectivity index is 1.65. The maximum absolute atomic E-state index is 13.4. The Bertz CT molecular complexity index is 1360. The number of methoxy groups -OCH3 is 1. The average molecular weight is 461 g/mol. The Kier molecular flexibility index (Phi) is 5.90. The van der Waals surface area contributed by atoms with Crippen LogP contribution in [-0.4, -0.2) is 30.1 Å². The zero-order valence-electron chi connectivity index (χ0n) is 16.4. The average Bonchev–Trinajstić information content (AvgIpc) is 3.12. The number of hydrogen-bond acceptors (Lipinski definition) is 5. The summed E-state index contributed by atoms with van der Waals surface area (Å²) in [7, 11) is -2.34. The molecule has 0 saturated heterocycles. The molecule has 0 amide bonds. The molecular weight excluding hydrogens is 443 g/mol. The number of pyridine rings is 1. The lowest BCUT2D eigenvalue weighted by Gasteiger charge is -2.11. The Morgan fingerprint density at radius 3 is 2.77 bits per heavy atom. The van der Waals surface area contributed by atoms with E-state index in [1.165, 1.54) is 0 Å². The van der Waals surface area contributed by atoms with E-state index >= 15 is 0 Å². The molecule has 0 fully saturated rings. The lowest BCUT2D eigenvalue weighted by Crippen LogP contribution is -2.25. The molecule has 7 nitrogen and oxygen atoms in total. The molecule has 31 heavy (non-hydrogen) atoms. The smallest absolute Gasteiger partial charge is 0.241 e. The van der Waals surface area contributed by atoms with Crippen molar-refractivity contribution >= 4 is 32.8 Å². The van der Waals surface area contributed by atoms with E-state index in [9.17, 15) is 12.8 Å². The first-order valence-corrected chi connectivity index (χ1v) is 11.1. The fourth-order valence-corrected chi connectivity index (χ4v) is 4.40. The molecule has 160 valence electrons. The Hall–Kier alpha value is -3.01. The quantitative estimate of drug-likeness (QED) is 0.454. The third-order valence-electron chi connectivity index (χ3n) is 4.68. The second kappa shape index (κ2) is 8.62. The maximum atomic E-state index is 13.4. The predicted octanol–water partition coefficient (Wildman–Crippen LogP) is 3.76. The molecule has 0 unspecified atom stereocenters. The van der Waals surface area contributed by atoms with Gasteiger partial charge in [-0.25, -0.2) is 27.5 Å². The molecule has 0 aliphatic rings. The summed E-state index contributed by atoms with van der Waals surface area (Å²) in [5, 5.41) is -0.266. The van der Waals surface area contributed by atoms with Gasteiger partial charge in [-0.1, -0.05) is 23.7 Å². The van der Waals surface area contributed by atoms with Gasteiger partial charge in [0.25, 0.3) is 0 Å². The summed E-state index contributed by atoms with van der Waals surface area (Å²) in [5.74, 6) is 0.505. The van der Waals surface area contributed by atoms with Crippen molar-refractivity contribution in [1.82, 2.24) is 19.3 Å². The first-order chi connectivity index (χ1) is 14.9. The van der Waals surface area contributed by atoms with Crippen molar-refractivity contribution in [2.75, 3.05) is 7.11 Å². The minimum Gasteiger partial charge on any atom is -0.497 e. The van der Waals surface area contributed by atoms with E-state index in [4.69, 9.17) is 16.3 Å². The summed E-state index contributed by atoms with van der Waals surface area (Å²) in [6, 6.07) is 14.4. The van der Waals surface area contributed by atoms with Crippen LogP contribution in [0.25, 0.3) is 11.2 Å². The Labute approximate surface area is 183 Å². The highest BCUT2D eigenvalue weighted by Crippen LogP contribution is 2.21. The molecule has 10 heteroatoms. The summed E-state index contributed by atoms with van der Waals surface area (Å²) in [6.45, 7) is 0.335. The number of imidazole rings is 1. The number of halogens is 2. The van der Waals surface area contributed by atoms with Crippen LogP contribution in [0.2, 0.25) is 5.02 Å². The number of nitrogens with one attached hydrogen (secondary N) is 1. The number of aromatic nitrogens is 3. The van der Waals surface area contributed by atoms with Crippen LogP contribution in [0.1, 0.15) is 11.4 Å². The van der Waals surface area contributed by atoms with Crippen LogP contribution in [0, 0.1) is 5.82 Å². The van der Waals surface area contributed by atoms with Gasteiger partial charge < -0.3 is 9.30 Å². The standard InChI is InChI=1S/C21H18ClFN4O3S/c1-30-15-5-2-4-14(10-15)13-27-20(26-19-6-3-9-24-21(19)27)12-25-31(28,29)16-7-8-18(23)17(22)11-16/h2-11,25H,12-13H2,1H3. The molecule has 0 spiro atoms. The molecule has 2 aromatic carbocycles. The van der Waals surface area contributed by atoms with Crippen LogP contribution in [0.5, 0.6) is 5.75 Å². The van der Waals surface area contributed by atoms with Gasteiger partial charge in [-0.15, -0.1) is 0 Å². The molecule has 0 aliphatic carbocycles. The molecule has 1 N–H and O–H groups in total. The molecule has 0 aliphatic heterocycles. The first-order valence-electron chi connectivity index (χ1n) is 9.25. The lowest BCUT2D eigenvalue weighted by atomic mass is 10.2. The van der Waals surface area contributed by atoms with E-state index in [0.29, 0.717) is 29.3 Å². The number of benzene rings is 2. The van der Waals surface area contributed by atoms with Crippen LogP contribution in [0.3, 0.4) is 0 Å². The molecule has 0 atom stereocenters. The Morgan fingerprint density at radius 1 is 1.16 bits per heavy atom. The number of rotatable bonds is 7. The van der Waals surface area contributed by atoms with Crippen molar-refractivity contribution in [3.8, 4) is 5.75 Å². The highest BCUT2D eigenvalue weighted by Gasteiger charge is 2.19. The van der Waals surface area contributed by atoms with Gasteiger partial charge in [0.1, 0.15) is 22.9 Å². The minimum atomic E-state index is -3.93. The van der Waals surface area contributed by atoms with Crippen molar-refractivity contribution in [3.63, 3.8) is 0 Å². The number of fused-ring (bicyclic) bond motifs is 1. The molecule has 4 aromatic rings. The van der Waals surface area contributed by atoms with Gasteiger partial charge >= 0.3 is 0 Å². The van der Waals surface area contributed by atoms with Gasteiger partial charge in [0.05, 0.1) is 30.1 Å². The zero-order chi connectivity index (χ0) is 22.0. The molecule has 0 radical (unpaired) electrons. The van der Waals surface area contributed by atoms with E-state index in [2.05, 4.69) is 14.7 Å². The third kappa shape index (κ3) is 4.53. The fraction of sp³-hybridized carbons (Fsp3) is 0.143. The van der Waals surface area contributed by atoms with Gasteiger partial charge in [-0.2, -0.15) is 0 Å². The molecule has 4 rings (SSSR count). The van der Waals surface area contributed by atoms with Gasteiger partial charge in [0, 0.05) is 6.20 Å². The second-order valence-electron chi connectivity index (χ2n) is 6.71. The lowest BCUT2D eigenvalue weighted by molar-refractivity contribution is 0.414. The molecule has 2 aromatic heterocycles. The van der Waals surface area contributed by atoms with E-state index < -0.39 is 15.8 Å². The largest absolute Gasteiger partial charge is 0.497 e.